The molecule has 7 heteroatoms. The Balaban J connectivity index is 2.51. The van der Waals surface area contributed by atoms with Crippen LogP contribution in [0.15, 0.2) is 60.7 Å². The van der Waals surface area contributed by atoms with Gasteiger partial charge < -0.3 is 9.05 Å². The van der Waals surface area contributed by atoms with E-state index in [1.165, 1.54) is 0 Å². The molecule has 0 heterocycles. The molecule has 2 aromatic rings. The summed E-state index contributed by atoms with van der Waals surface area (Å²) in [6, 6.07) is 20.1. The first-order valence-electron chi connectivity index (χ1n) is 7.44. The van der Waals surface area contributed by atoms with Crippen LogP contribution in [0.3, 0.4) is 0 Å². The molecular formula is C16H21NO2P2S2. The minimum atomic E-state index is -2.64. The Hall–Kier alpha value is -0.380. The lowest BCUT2D eigenvalue weighted by Gasteiger charge is -2.31. The summed E-state index contributed by atoms with van der Waals surface area (Å²) in [5, 5.41) is 2.10. The summed E-state index contributed by atoms with van der Waals surface area (Å²) in [7, 11) is 0. The van der Waals surface area contributed by atoms with Crippen molar-refractivity contribution in [3.05, 3.63) is 60.7 Å². The minimum Gasteiger partial charge on any atom is -0.318 e. The Morgan fingerprint density at radius 2 is 1.17 bits per heavy atom. The van der Waals surface area contributed by atoms with E-state index in [-0.39, 0.29) is 0 Å². The van der Waals surface area contributed by atoms with Crippen molar-refractivity contribution in [1.82, 2.24) is 4.86 Å². The molecule has 0 saturated carbocycles. The standard InChI is InChI=1S/C16H21NO2P2S2/c1-3-18-21(23,19-4-2)17-20(22,15-11-7-5-8-12-15)16-13-9-6-10-14-16/h5-14H,3-4H2,1-2H3,(H,17,22,23). The van der Waals surface area contributed by atoms with Crippen molar-refractivity contribution in [3.8, 4) is 0 Å². The van der Waals surface area contributed by atoms with E-state index in [9.17, 15) is 0 Å². The van der Waals surface area contributed by atoms with Crippen molar-refractivity contribution in [2.75, 3.05) is 13.2 Å². The summed E-state index contributed by atoms with van der Waals surface area (Å²) in [6.07, 6.45) is -2.33. The SMILES string of the molecule is CCOP(=S)(NP(=S)(c1ccccc1)c1ccccc1)OCC. The van der Waals surface area contributed by atoms with Crippen LogP contribution < -0.4 is 15.5 Å². The third kappa shape index (κ3) is 4.80. The molecule has 0 amide bonds. The molecule has 3 nitrogen and oxygen atoms in total. The summed E-state index contributed by atoms with van der Waals surface area (Å²) >= 11 is 11.8. The van der Waals surface area contributed by atoms with Crippen LogP contribution in [0.4, 0.5) is 0 Å². The van der Waals surface area contributed by atoms with Crippen LogP contribution in [-0.2, 0) is 32.7 Å². The smallest absolute Gasteiger partial charge is 0.265 e. The zero-order chi connectivity index (χ0) is 16.8. The predicted octanol–water partition coefficient (Wildman–Crippen LogP) is 3.92. The van der Waals surface area contributed by atoms with E-state index in [4.69, 9.17) is 32.7 Å². The van der Waals surface area contributed by atoms with Gasteiger partial charge in [-0.05, 0) is 25.7 Å². The fourth-order valence-electron chi connectivity index (χ4n) is 2.15. The van der Waals surface area contributed by atoms with Crippen LogP contribution in [0.5, 0.6) is 0 Å². The van der Waals surface area contributed by atoms with E-state index in [1.807, 2.05) is 74.5 Å². The molecule has 1 N–H and O–H groups in total. The zero-order valence-corrected chi connectivity index (χ0v) is 16.6. The lowest BCUT2D eigenvalue weighted by Crippen LogP contribution is -2.26. The molecule has 0 aliphatic rings. The zero-order valence-electron chi connectivity index (χ0n) is 13.2. The molecule has 0 aliphatic carbocycles. The summed E-state index contributed by atoms with van der Waals surface area (Å²) in [4.78, 5) is 3.45. The highest BCUT2D eigenvalue weighted by atomic mass is 32.5. The van der Waals surface area contributed by atoms with Crippen LogP contribution in [0.25, 0.3) is 0 Å². The molecule has 0 aromatic heterocycles. The lowest BCUT2D eigenvalue weighted by molar-refractivity contribution is 0.264. The first-order valence-corrected chi connectivity index (χ1v) is 12.9. The van der Waals surface area contributed by atoms with Crippen molar-refractivity contribution < 1.29 is 9.05 Å². The summed E-state index contributed by atoms with van der Waals surface area (Å²) in [6.45, 7) is 2.16. The number of hydrogen-bond acceptors (Lipinski definition) is 4. The van der Waals surface area contributed by atoms with Gasteiger partial charge in [0.2, 0.25) is 0 Å². The van der Waals surface area contributed by atoms with E-state index in [2.05, 4.69) is 4.86 Å². The normalized spacial score (nSPS) is 12.3. The highest BCUT2D eigenvalue weighted by Gasteiger charge is 2.30. The van der Waals surface area contributed by atoms with E-state index in [1.54, 1.807) is 0 Å². The van der Waals surface area contributed by atoms with Gasteiger partial charge in [0.1, 0.15) is 0 Å². The molecule has 0 radical (unpaired) electrons. The van der Waals surface area contributed by atoms with Crippen LogP contribution in [0.1, 0.15) is 13.8 Å². The van der Waals surface area contributed by atoms with Crippen molar-refractivity contribution in [2.24, 2.45) is 0 Å². The van der Waals surface area contributed by atoms with Gasteiger partial charge in [0.15, 0.2) is 0 Å². The summed E-state index contributed by atoms with van der Waals surface area (Å²) in [5.74, 6) is 0. The fourth-order valence-corrected chi connectivity index (χ4v) is 11.0. The molecule has 2 rings (SSSR count). The Morgan fingerprint density at radius 3 is 1.52 bits per heavy atom. The first-order chi connectivity index (χ1) is 11.0. The van der Waals surface area contributed by atoms with Crippen LogP contribution >= 0.6 is 12.8 Å². The Labute approximate surface area is 148 Å². The van der Waals surface area contributed by atoms with Crippen molar-refractivity contribution >= 4 is 47.1 Å². The Bertz CT molecular complexity index is 657. The number of benzene rings is 2. The quantitative estimate of drug-likeness (QED) is 0.696. The molecule has 0 unspecified atom stereocenters. The van der Waals surface area contributed by atoms with Gasteiger partial charge in [0.25, 0.3) is 6.64 Å². The third-order valence-electron chi connectivity index (χ3n) is 3.10. The maximum absolute atomic E-state index is 6.11. The van der Waals surface area contributed by atoms with Crippen molar-refractivity contribution in [2.45, 2.75) is 13.8 Å². The van der Waals surface area contributed by atoms with Gasteiger partial charge in [-0.3, -0.25) is 0 Å². The van der Waals surface area contributed by atoms with Crippen molar-refractivity contribution in [1.29, 1.82) is 0 Å². The second-order valence-electron chi connectivity index (χ2n) is 4.71. The molecule has 2 aromatic carbocycles. The highest BCUT2D eigenvalue weighted by Crippen LogP contribution is 2.55. The van der Waals surface area contributed by atoms with Gasteiger partial charge >= 0.3 is 0 Å². The fraction of sp³-hybridized carbons (Fsp3) is 0.250. The van der Waals surface area contributed by atoms with Gasteiger partial charge in [-0.15, -0.1) is 0 Å². The molecule has 0 saturated heterocycles. The summed E-state index contributed by atoms with van der Waals surface area (Å²) in [5.41, 5.74) is 0. The van der Waals surface area contributed by atoms with Gasteiger partial charge in [0.05, 0.1) is 19.4 Å². The highest BCUT2D eigenvalue weighted by molar-refractivity contribution is 8.25. The molecule has 0 aliphatic heterocycles. The molecule has 0 spiro atoms. The van der Waals surface area contributed by atoms with Gasteiger partial charge in [-0.1, -0.05) is 72.5 Å². The number of rotatable bonds is 8. The van der Waals surface area contributed by atoms with E-state index in [0.29, 0.717) is 13.2 Å². The van der Waals surface area contributed by atoms with Crippen LogP contribution in [0.2, 0.25) is 0 Å². The van der Waals surface area contributed by atoms with Crippen LogP contribution in [-0.4, -0.2) is 13.2 Å². The average molecular weight is 385 g/mol. The van der Waals surface area contributed by atoms with Gasteiger partial charge in [-0.2, -0.15) is 0 Å². The molecule has 124 valence electrons. The molecule has 0 bridgehead atoms. The minimum absolute atomic E-state index is 0.489. The van der Waals surface area contributed by atoms with Gasteiger partial charge in [-0.25, -0.2) is 4.86 Å². The number of nitrogens with one attached hydrogen (secondary N) is 1. The summed E-state index contributed by atoms with van der Waals surface area (Å²) < 4.78 is 11.5. The predicted molar refractivity (Wildman–Crippen MR) is 107 cm³/mol. The molecule has 23 heavy (non-hydrogen) atoms. The molecular weight excluding hydrogens is 364 g/mol. The van der Waals surface area contributed by atoms with E-state index >= 15 is 0 Å². The molecule has 0 fully saturated rings. The monoisotopic (exact) mass is 385 g/mol. The second kappa shape index (κ2) is 8.64. The second-order valence-corrected chi connectivity index (χ2v) is 12.4. The van der Waals surface area contributed by atoms with E-state index in [0.717, 1.165) is 10.6 Å². The molecule has 0 atom stereocenters. The largest absolute Gasteiger partial charge is 0.318 e. The average Bonchev–Trinajstić information content (AvgIpc) is 2.56. The lowest BCUT2D eigenvalue weighted by atomic mass is 10.4. The van der Waals surface area contributed by atoms with Crippen LogP contribution in [0, 0.1) is 0 Å². The Kier molecular flexibility index (Phi) is 7.12. The maximum atomic E-state index is 6.11. The third-order valence-corrected chi connectivity index (χ3v) is 11.8. The first kappa shape index (κ1) is 19.0. The van der Waals surface area contributed by atoms with Gasteiger partial charge in [0, 0.05) is 10.6 Å². The maximum Gasteiger partial charge on any atom is 0.265 e. The topological polar surface area (TPSA) is 30.5 Å². The van der Waals surface area contributed by atoms with Crippen molar-refractivity contribution in [3.63, 3.8) is 0 Å². The van der Waals surface area contributed by atoms with E-state index < -0.39 is 12.8 Å². The number of hydrogen-bond donors (Lipinski definition) is 1. The Morgan fingerprint density at radius 1 is 0.783 bits per heavy atom.